The number of ether oxygens (including phenoxy) is 4. The molecular formula is C26H32N2O7. The molecule has 0 aromatic heterocycles. The molecule has 1 saturated heterocycles. The third-order valence-corrected chi connectivity index (χ3v) is 5.85. The number of esters is 1. The van der Waals surface area contributed by atoms with Crippen molar-refractivity contribution in [1.82, 2.24) is 5.32 Å². The summed E-state index contributed by atoms with van der Waals surface area (Å²) < 4.78 is 21.3. The van der Waals surface area contributed by atoms with E-state index in [0.29, 0.717) is 35.8 Å². The molecule has 0 bridgehead atoms. The maximum atomic E-state index is 12.6. The highest BCUT2D eigenvalue weighted by molar-refractivity contribution is 6.00. The summed E-state index contributed by atoms with van der Waals surface area (Å²) in [6, 6.07) is 11.4. The summed E-state index contributed by atoms with van der Waals surface area (Å²) in [6.07, 6.45) is 1.04. The van der Waals surface area contributed by atoms with Crippen LogP contribution in [0.15, 0.2) is 36.4 Å². The number of hydrogen-bond acceptors (Lipinski definition) is 7. The van der Waals surface area contributed by atoms with Gasteiger partial charge in [-0.25, -0.2) is 0 Å². The van der Waals surface area contributed by atoms with Crippen LogP contribution >= 0.6 is 0 Å². The van der Waals surface area contributed by atoms with Gasteiger partial charge in [-0.05, 0) is 18.9 Å². The number of anilines is 1. The molecule has 188 valence electrons. The summed E-state index contributed by atoms with van der Waals surface area (Å²) in [5, 5.41) is 2.76. The highest BCUT2D eigenvalue weighted by Crippen LogP contribution is 2.42. The van der Waals surface area contributed by atoms with E-state index in [1.165, 1.54) is 31.8 Å². The normalized spacial score (nSPS) is 15.0. The lowest BCUT2D eigenvalue weighted by Gasteiger charge is -2.20. The first-order chi connectivity index (χ1) is 16.9. The molecule has 1 unspecified atom stereocenters. The highest BCUT2D eigenvalue weighted by Gasteiger charge is 2.37. The molecule has 9 heteroatoms. The molecule has 0 radical (unpaired) electrons. The molecule has 0 aliphatic carbocycles. The van der Waals surface area contributed by atoms with Crippen molar-refractivity contribution in [3.63, 3.8) is 0 Å². The van der Waals surface area contributed by atoms with Gasteiger partial charge in [0.15, 0.2) is 11.5 Å². The number of aryl methyl sites for hydroxylation is 2. The van der Waals surface area contributed by atoms with Crippen molar-refractivity contribution in [1.29, 1.82) is 0 Å². The summed E-state index contributed by atoms with van der Waals surface area (Å²) in [7, 11) is 4.49. The maximum absolute atomic E-state index is 12.6. The molecule has 0 saturated carbocycles. The molecule has 1 heterocycles. The van der Waals surface area contributed by atoms with Gasteiger partial charge in [0.1, 0.15) is 6.61 Å². The topological polar surface area (TPSA) is 103 Å². The first kappa shape index (κ1) is 25.9. The van der Waals surface area contributed by atoms with E-state index in [2.05, 4.69) is 5.32 Å². The summed E-state index contributed by atoms with van der Waals surface area (Å²) >= 11 is 0. The lowest BCUT2D eigenvalue weighted by Crippen LogP contribution is -2.30. The molecule has 2 aromatic carbocycles. The fourth-order valence-corrected chi connectivity index (χ4v) is 3.90. The van der Waals surface area contributed by atoms with Crippen LogP contribution in [0.25, 0.3) is 0 Å². The van der Waals surface area contributed by atoms with Crippen LogP contribution in [0.1, 0.15) is 24.0 Å². The van der Waals surface area contributed by atoms with Crippen molar-refractivity contribution in [3.05, 3.63) is 47.5 Å². The predicted molar refractivity (Wildman–Crippen MR) is 130 cm³/mol. The molecule has 2 amide bonds. The second-order valence-corrected chi connectivity index (χ2v) is 8.29. The van der Waals surface area contributed by atoms with Crippen LogP contribution in [0, 0.1) is 12.8 Å². The van der Waals surface area contributed by atoms with E-state index in [1.54, 1.807) is 12.1 Å². The summed E-state index contributed by atoms with van der Waals surface area (Å²) in [6.45, 7) is 2.46. The quantitative estimate of drug-likeness (QED) is 0.386. The van der Waals surface area contributed by atoms with Crippen LogP contribution < -0.4 is 24.4 Å². The Bertz CT molecular complexity index is 1030. The number of nitrogens with one attached hydrogen (secondary N) is 1. The van der Waals surface area contributed by atoms with Gasteiger partial charge in [-0.2, -0.15) is 0 Å². The average Bonchev–Trinajstić information content (AvgIpc) is 3.26. The zero-order chi connectivity index (χ0) is 25.4. The van der Waals surface area contributed by atoms with Crippen molar-refractivity contribution in [2.24, 2.45) is 5.92 Å². The fourth-order valence-electron chi connectivity index (χ4n) is 3.90. The molecular weight excluding hydrogens is 452 g/mol. The third-order valence-electron chi connectivity index (χ3n) is 5.85. The van der Waals surface area contributed by atoms with E-state index < -0.39 is 11.9 Å². The Labute approximate surface area is 205 Å². The van der Waals surface area contributed by atoms with Crippen molar-refractivity contribution < 1.29 is 33.3 Å². The number of benzene rings is 2. The first-order valence-corrected chi connectivity index (χ1v) is 11.5. The Morgan fingerprint density at radius 3 is 2.29 bits per heavy atom. The number of carbonyl (C=O) groups is 3. The second kappa shape index (κ2) is 12.1. The number of carbonyl (C=O) groups excluding carboxylic acids is 3. The molecule has 0 spiro atoms. The third kappa shape index (κ3) is 6.65. The van der Waals surface area contributed by atoms with Crippen LogP contribution in [-0.4, -0.2) is 58.8 Å². The van der Waals surface area contributed by atoms with E-state index in [0.717, 1.165) is 5.56 Å². The molecule has 1 N–H and O–H groups in total. The SMILES string of the molecule is COc1cc(N2CC(C(=O)OCCNC(=O)CCc3ccc(C)cc3)CC2=O)cc(OC)c1OC. The van der Waals surface area contributed by atoms with Crippen LogP contribution in [0.5, 0.6) is 17.2 Å². The zero-order valence-corrected chi connectivity index (χ0v) is 20.6. The Morgan fingerprint density at radius 2 is 1.69 bits per heavy atom. The van der Waals surface area contributed by atoms with E-state index in [9.17, 15) is 14.4 Å². The Morgan fingerprint density at radius 1 is 1.03 bits per heavy atom. The second-order valence-electron chi connectivity index (χ2n) is 8.29. The molecule has 2 aromatic rings. The molecule has 9 nitrogen and oxygen atoms in total. The van der Waals surface area contributed by atoms with E-state index in [4.69, 9.17) is 18.9 Å². The van der Waals surface area contributed by atoms with Crippen LogP contribution in [0.2, 0.25) is 0 Å². The minimum Gasteiger partial charge on any atom is -0.493 e. The van der Waals surface area contributed by atoms with Crippen molar-refractivity contribution >= 4 is 23.5 Å². The smallest absolute Gasteiger partial charge is 0.311 e. The number of rotatable bonds is 11. The van der Waals surface area contributed by atoms with Gasteiger partial charge >= 0.3 is 5.97 Å². The number of nitrogens with zero attached hydrogens (tertiary/aromatic N) is 1. The molecule has 1 fully saturated rings. The standard InChI is InChI=1S/C26H32N2O7/c1-17-5-7-18(8-6-17)9-10-23(29)27-11-12-35-26(31)19-13-24(30)28(16-19)20-14-21(32-2)25(34-4)22(15-20)33-3/h5-8,14-15,19H,9-13,16H2,1-4H3,(H,27,29). The largest absolute Gasteiger partial charge is 0.493 e. The Hall–Kier alpha value is -3.75. The Balaban J connectivity index is 1.46. The molecule has 35 heavy (non-hydrogen) atoms. The van der Waals surface area contributed by atoms with Crippen molar-refractivity contribution in [3.8, 4) is 17.2 Å². The van der Waals surface area contributed by atoms with E-state index in [-0.39, 0.29) is 37.9 Å². The molecule has 1 aliphatic rings. The van der Waals surface area contributed by atoms with Gasteiger partial charge in [-0.3, -0.25) is 14.4 Å². The van der Waals surface area contributed by atoms with Crippen molar-refractivity contribution in [2.45, 2.75) is 26.2 Å². The monoisotopic (exact) mass is 484 g/mol. The minimum atomic E-state index is -0.598. The molecule has 1 atom stereocenters. The lowest BCUT2D eigenvalue weighted by atomic mass is 10.1. The molecule has 3 rings (SSSR count). The summed E-state index contributed by atoms with van der Waals surface area (Å²) in [4.78, 5) is 38.7. The van der Waals surface area contributed by atoms with Gasteiger partial charge < -0.3 is 29.2 Å². The summed E-state index contributed by atoms with van der Waals surface area (Å²) in [5.74, 6) is -0.127. The average molecular weight is 485 g/mol. The van der Waals surface area contributed by atoms with E-state index in [1.807, 2.05) is 31.2 Å². The predicted octanol–water partition coefficient (Wildman–Crippen LogP) is 2.67. The number of amides is 2. The first-order valence-electron chi connectivity index (χ1n) is 11.5. The van der Waals surface area contributed by atoms with Gasteiger partial charge in [0, 0.05) is 31.5 Å². The highest BCUT2D eigenvalue weighted by atomic mass is 16.5. The number of hydrogen-bond donors (Lipinski definition) is 1. The fraction of sp³-hybridized carbons (Fsp3) is 0.423. The van der Waals surface area contributed by atoms with Crippen LogP contribution in [0.4, 0.5) is 5.69 Å². The molecule has 1 aliphatic heterocycles. The van der Waals surface area contributed by atoms with E-state index >= 15 is 0 Å². The lowest BCUT2D eigenvalue weighted by molar-refractivity contribution is -0.148. The maximum Gasteiger partial charge on any atom is 0.311 e. The van der Waals surface area contributed by atoms with Crippen LogP contribution in [-0.2, 0) is 25.5 Å². The number of methoxy groups -OCH3 is 3. The van der Waals surface area contributed by atoms with Crippen molar-refractivity contribution in [2.75, 3.05) is 45.9 Å². The van der Waals surface area contributed by atoms with Gasteiger partial charge in [0.25, 0.3) is 0 Å². The van der Waals surface area contributed by atoms with Gasteiger partial charge in [0.05, 0.1) is 39.5 Å². The Kier molecular flexibility index (Phi) is 8.94. The zero-order valence-electron chi connectivity index (χ0n) is 20.6. The van der Waals surface area contributed by atoms with Gasteiger partial charge in [-0.15, -0.1) is 0 Å². The summed E-state index contributed by atoms with van der Waals surface area (Å²) in [5.41, 5.74) is 2.82. The van der Waals surface area contributed by atoms with Crippen LogP contribution in [0.3, 0.4) is 0 Å². The van der Waals surface area contributed by atoms with Gasteiger partial charge in [-0.1, -0.05) is 29.8 Å². The van der Waals surface area contributed by atoms with Gasteiger partial charge in [0.2, 0.25) is 17.6 Å². The minimum absolute atomic E-state index is 0.0401.